The highest BCUT2D eigenvalue weighted by Crippen LogP contribution is 2.25. The Labute approximate surface area is 165 Å². The molecule has 9 nitrogen and oxygen atoms in total. The van der Waals surface area contributed by atoms with E-state index in [-0.39, 0.29) is 17.2 Å². The number of carbonyl (C=O) groups is 1. The van der Waals surface area contributed by atoms with Crippen LogP contribution in [0.2, 0.25) is 0 Å². The van der Waals surface area contributed by atoms with Gasteiger partial charge in [-0.15, -0.1) is 11.6 Å². The fraction of sp³-hybridized carbons (Fsp3) is 0.941. The molecule has 2 aliphatic rings. The van der Waals surface area contributed by atoms with Gasteiger partial charge in [0.05, 0.1) is 6.04 Å². The summed E-state index contributed by atoms with van der Waals surface area (Å²) in [5.41, 5.74) is 5.23. The van der Waals surface area contributed by atoms with Gasteiger partial charge in [-0.25, -0.2) is 10.0 Å². The van der Waals surface area contributed by atoms with Crippen molar-refractivity contribution in [3.8, 4) is 0 Å². The van der Waals surface area contributed by atoms with Crippen LogP contribution in [0.25, 0.3) is 0 Å². The number of rotatable bonds is 8. The minimum atomic E-state index is -1.14. The van der Waals surface area contributed by atoms with Gasteiger partial charge in [0, 0.05) is 30.9 Å². The molecule has 2 fully saturated rings. The van der Waals surface area contributed by atoms with Crippen LogP contribution in [0.1, 0.15) is 45.4 Å². The number of halogens is 1. The third-order valence-corrected chi connectivity index (χ3v) is 5.71. The van der Waals surface area contributed by atoms with Gasteiger partial charge in [0.25, 0.3) is 0 Å². The number of fused-ring (bicyclic) bond motifs is 1. The van der Waals surface area contributed by atoms with Crippen molar-refractivity contribution in [3.63, 3.8) is 0 Å². The molecule has 0 radical (unpaired) electrons. The second kappa shape index (κ2) is 10.9. The molecule has 0 aromatic heterocycles. The molecule has 0 aliphatic carbocycles. The first-order valence-corrected chi connectivity index (χ1v) is 10.3. The summed E-state index contributed by atoms with van der Waals surface area (Å²) in [6.45, 7) is 3.59. The van der Waals surface area contributed by atoms with Gasteiger partial charge in [-0.1, -0.05) is 6.92 Å². The van der Waals surface area contributed by atoms with Crippen LogP contribution >= 0.6 is 11.6 Å². The fourth-order valence-electron chi connectivity index (χ4n) is 3.79. The zero-order valence-corrected chi connectivity index (χ0v) is 16.7. The molecule has 2 rings (SSSR count). The number of hydrazine groups is 1. The summed E-state index contributed by atoms with van der Waals surface area (Å²) in [4.78, 5) is 12.7. The van der Waals surface area contributed by atoms with E-state index in [1.165, 1.54) is 0 Å². The molecule has 7 N–H and O–H groups in total. The second-order valence-corrected chi connectivity index (χ2v) is 8.03. The lowest BCUT2D eigenvalue weighted by molar-refractivity contribution is -0.210. The Kier molecular flexibility index (Phi) is 9.17. The molecule has 0 aromatic rings. The maximum absolute atomic E-state index is 12.7. The first kappa shape index (κ1) is 22.8. The molecule has 6 unspecified atom stereocenters. The fourth-order valence-corrected chi connectivity index (χ4v) is 4.09. The normalized spacial score (nSPS) is 30.8. The molecule has 0 saturated carbocycles. The molecule has 10 heteroatoms. The average molecular weight is 408 g/mol. The Morgan fingerprint density at radius 2 is 1.93 bits per heavy atom. The van der Waals surface area contributed by atoms with Gasteiger partial charge in [0.2, 0.25) is 5.91 Å². The molecule has 27 heavy (non-hydrogen) atoms. The number of amides is 1. The van der Waals surface area contributed by atoms with Crippen molar-refractivity contribution in [1.82, 2.24) is 20.7 Å². The summed E-state index contributed by atoms with van der Waals surface area (Å²) in [6.07, 6.45) is 1.35. The first-order chi connectivity index (χ1) is 12.8. The van der Waals surface area contributed by atoms with E-state index in [9.17, 15) is 15.0 Å². The van der Waals surface area contributed by atoms with Crippen molar-refractivity contribution in [3.05, 3.63) is 0 Å². The third kappa shape index (κ3) is 6.50. The van der Waals surface area contributed by atoms with Crippen LogP contribution in [0, 0.1) is 5.92 Å². The Balaban J connectivity index is 1.93. The van der Waals surface area contributed by atoms with Crippen LogP contribution in [0.5, 0.6) is 0 Å². The van der Waals surface area contributed by atoms with Gasteiger partial charge in [-0.3, -0.25) is 15.8 Å². The first-order valence-electron chi connectivity index (χ1n) is 9.84. The van der Waals surface area contributed by atoms with Crippen molar-refractivity contribution in [2.75, 3.05) is 19.6 Å². The Bertz CT molecular complexity index is 473. The highest BCUT2D eigenvalue weighted by atomic mass is 35.5. The summed E-state index contributed by atoms with van der Waals surface area (Å²) in [5.74, 6) is -0.456. The molecule has 6 atom stereocenters. The number of hydrogen-bond donors (Lipinski definition) is 6. The maximum Gasteiger partial charge on any atom is 0.223 e. The van der Waals surface area contributed by atoms with E-state index in [1.807, 2.05) is 11.9 Å². The maximum atomic E-state index is 12.7. The Morgan fingerprint density at radius 3 is 2.56 bits per heavy atom. The standard InChI is InChI=1S/C17H34ClN5O4/c1-2-11(9-12(18)10-20-17(19)27)15(25)21-13-5-6-14(24)22-7-3-4-8-23(22)16(13)26/h11-14,16-17,20,24,26-27H,2-10,19H2,1H3,(H,21,25). The molecule has 0 bridgehead atoms. The van der Waals surface area contributed by atoms with E-state index in [0.29, 0.717) is 45.3 Å². The van der Waals surface area contributed by atoms with Gasteiger partial charge in [0.1, 0.15) is 12.5 Å². The lowest BCUT2D eigenvalue weighted by atomic mass is 9.98. The zero-order chi connectivity index (χ0) is 20.0. The largest absolute Gasteiger partial charge is 0.377 e. The van der Waals surface area contributed by atoms with E-state index in [2.05, 4.69) is 10.6 Å². The highest BCUT2D eigenvalue weighted by molar-refractivity contribution is 6.20. The number of nitrogens with two attached hydrogens (primary N) is 1. The monoisotopic (exact) mass is 407 g/mol. The van der Waals surface area contributed by atoms with Crippen molar-refractivity contribution in [2.24, 2.45) is 11.7 Å². The summed E-state index contributed by atoms with van der Waals surface area (Å²) in [5, 5.41) is 39.0. The minimum absolute atomic E-state index is 0.152. The molecule has 0 spiro atoms. The van der Waals surface area contributed by atoms with E-state index in [1.54, 1.807) is 5.01 Å². The molecular formula is C17H34ClN5O4. The number of aliphatic hydroxyl groups is 3. The van der Waals surface area contributed by atoms with Gasteiger partial charge >= 0.3 is 0 Å². The molecule has 2 heterocycles. The summed E-state index contributed by atoms with van der Waals surface area (Å²) >= 11 is 6.24. The van der Waals surface area contributed by atoms with Crippen LogP contribution in [0.4, 0.5) is 0 Å². The molecular weight excluding hydrogens is 374 g/mol. The lowest BCUT2D eigenvalue weighted by Gasteiger charge is -2.43. The zero-order valence-electron chi connectivity index (χ0n) is 15.9. The predicted molar refractivity (Wildman–Crippen MR) is 102 cm³/mol. The quantitative estimate of drug-likeness (QED) is 0.224. The van der Waals surface area contributed by atoms with E-state index < -0.39 is 24.8 Å². The number of aliphatic hydroxyl groups excluding tert-OH is 3. The van der Waals surface area contributed by atoms with Crippen molar-refractivity contribution in [1.29, 1.82) is 0 Å². The summed E-state index contributed by atoms with van der Waals surface area (Å²) in [7, 11) is 0. The molecule has 0 aromatic carbocycles. The van der Waals surface area contributed by atoms with E-state index in [0.717, 1.165) is 12.8 Å². The second-order valence-electron chi connectivity index (χ2n) is 7.41. The number of nitrogens with one attached hydrogen (secondary N) is 2. The van der Waals surface area contributed by atoms with Gasteiger partial charge < -0.3 is 20.6 Å². The highest BCUT2D eigenvalue weighted by Gasteiger charge is 2.39. The molecule has 158 valence electrons. The van der Waals surface area contributed by atoms with E-state index >= 15 is 0 Å². The Morgan fingerprint density at radius 1 is 1.26 bits per heavy atom. The molecule has 2 saturated heterocycles. The number of hydrogen-bond acceptors (Lipinski definition) is 8. The van der Waals surface area contributed by atoms with Crippen molar-refractivity contribution < 1.29 is 20.1 Å². The van der Waals surface area contributed by atoms with Crippen LogP contribution in [0.3, 0.4) is 0 Å². The number of alkyl halides is 1. The topological polar surface area (TPSA) is 134 Å². The van der Waals surface area contributed by atoms with Gasteiger partial charge in [-0.05, 0) is 38.5 Å². The molecule has 2 aliphatic heterocycles. The lowest BCUT2D eigenvalue weighted by Crippen LogP contribution is -2.59. The minimum Gasteiger partial charge on any atom is -0.377 e. The van der Waals surface area contributed by atoms with Crippen LogP contribution in [-0.2, 0) is 4.79 Å². The van der Waals surface area contributed by atoms with Crippen LogP contribution in [0.15, 0.2) is 0 Å². The average Bonchev–Trinajstić information content (AvgIpc) is 2.77. The summed E-state index contributed by atoms with van der Waals surface area (Å²) in [6, 6.07) is -0.443. The van der Waals surface area contributed by atoms with E-state index in [4.69, 9.17) is 22.4 Å². The SMILES string of the molecule is CCC(CC(Cl)CNC(N)O)C(=O)NC1CCC(O)N2CCCCN2C1O. The van der Waals surface area contributed by atoms with Crippen molar-refractivity contribution in [2.45, 2.75) is 75.7 Å². The van der Waals surface area contributed by atoms with Crippen molar-refractivity contribution >= 4 is 17.5 Å². The number of carbonyl (C=O) groups excluding carboxylic acids is 1. The number of nitrogens with zero attached hydrogens (tertiary/aromatic N) is 2. The molecule has 1 amide bonds. The van der Waals surface area contributed by atoms with Gasteiger partial charge in [-0.2, -0.15) is 0 Å². The van der Waals surface area contributed by atoms with Crippen LogP contribution < -0.4 is 16.4 Å². The third-order valence-electron chi connectivity index (χ3n) is 5.38. The van der Waals surface area contributed by atoms with Crippen LogP contribution in [-0.4, -0.2) is 81.1 Å². The summed E-state index contributed by atoms with van der Waals surface area (Å²) < 4.78 is 0. The van der Waals surface area contributed by atoms with Gasteiger partial charge in [0.15, 0.2) is 6.35 Å². The Hall–Kier alpha value is -0.520. The predicted octanol–water partition coefficient (Wildman–Crippen LogP) is -0.937. The smallest absolute Gasteiger partial charge is 0.223 e.